The van der Waals surface area contributed by atoms with Crippen LogP contribution >= 0.6 is 11.6 Å². The van der Waals surface area contributed by atoms with Gasteiger partial charge in [0, 0.05) is 42.2 Å². The van der Waals surface area contributed by atoms with Gasteiger partial charge in [0.1, 0.15) is 12.4 Å². The molecule has 1 aromatic carbocycles. The Hall–Kier alpha value is -1.87. The fourth-order valence-electron chi connectivity index (χ4n) is 3.03. The lowest BCUT2D eigenvalue weighted by Gasteiger charge is -2.22. The Kier molecular flexibility index (Phi) is 9.34. The van der Waals surface area contributed by atoms with Crippen molar-refractivity contribution < 1.29 is 4.74 Å². The van der Waals surface area contributed by atoms with Crippen LogP contribution in [0.25, 0.3) is 10.9 Å². The van der Waals surface area contributed by atoms with E-state index in [0.29, 0.717) is 24.1 Å². The van der Waals surface area contributed by atoms with Gasteiger partial charge in [-0.2, -0.15) is 5.26 Å². The summed E-state index contributed by atoms with van der Waals surface area (Å²) in [6.45, 7) is 8.73. The molecule has 0 fully saturated rings. The first-order valence-corrected chi connectivity index (χ1v) is 10.0. The zero-order valence-corrected chi connectivity index (χ0v) is 17.0. The molecule has 1 atom stereocenters. The molecule has 6 heteroatoms. The van der Waals surface area contributed by atoms with E-state index in [1.807, 2.05) is 24.3 Å². The molecule has 0 aliphatic heterocycles. The summed E-state index contributed by atoms with van der Waals surface area (Å²) in [7, 11) is 0. The van der Waals surface area contributed by atoms with E-state index < -0.39 is 0 Å². The van der Waals surface area contributed by atoms with Crippen LogP contribution in [0.2, 0.25) is 5.02 Å². The predicted octanol–water partition coefficient (Wildman–Crippen LogP) is 4.26. The number of rotatable bonds is 12. The van der Waals surface area contributed by atoms with Crippen LogP contribution in [0.1, 0.15) is 33.1 Å². The highest BCUT2D eigenvalue weighted by molar-refractivity contribution is 6.31. The van der Waals surface area contributed by atoms with Crippen molar-refractivity contribution in [2.75, 3.05) is 32.8 Å². The lowest BCUT2D eigenvalue weighted by molar-refractivity contribution is 0.212. The minimum Gasteiger partial charge on any atom is -0.491 e. The third-order valence-corrected chi connectivity index (χ3v) is 4.85. The number of pyridine rings is 1. The number of fused-ring (bicyclic) bond motifs is 1. The molecule has 2 rings (SSSR count). The molecule has 0 saturated carbocycles. The van der Waals surface area contributed by atoms with E-state index >= 15 is 0 Å². The van der Waals surface area contributed by atoms with Crippen LogP contribution in [0.5, 0.6) is 5.75 Å². The first-order chi connectivity index (χ1) is 13.1. The Morgan fingerprint density at radius 2 is 2.19 bits per heavy atom. The van der Waals surface area contributed by atoms with Crippen molar-refractivity contribution in [2.24, 2.45) is 0 Å². The predicted molar refractivity (Wildman–Crippen MR) is 111 cm³/mol. The molecule has 2 aromatic rings. The van der Waals surface area contributed by atoms with Crippen LogP contribution in [0.15, 0.2) is 30.5 Å². The van der Waals surface area contributed by atoms with Crippen LogP contribution in [-0.4, -0.2) is 48.7 Å². The normalized spacial score (nSPS) is 12.3. The summed E-state index contributed by atoms with van der Waals surface area (Å²) in [5.74, 6) is 0.850. The van der Waals surface area contributed by atoms with E-state index in [4.69, 9.17) is 21.6 Å². The van der Waals surface area contributed by atoms with Gasteiger partial charge in [-0.15, -0.1) is 0 Å². The first kappa shape index (κ1) is 21.4. The number of aromatic nitrogens is 1. The van der Waals surface area contributed by atoms with Gasteiger partial charge in [0.05, 0.1) is 11.6 Å². The van der Waals surface area contributed by atoms with Gasteiger partial charge in [-0.3, -0.25) is 4.98 Å². The highest BCUT2D eigenvalue weighted by atomic mass is 35.5. The summed E-state index contributed by atoms with van der Waals surface area (Å²) >= 11 is 6.04. The van der Waals surface area contributed by atoms with Gasteiger partial charge in [0.25, 0.3) is 0 Å². The van der Waals surface area contributed by atoms with Crippen LogP contribution in [0.4, 0.5) is 0 Å². The minimum absolute atomic E-state index is 0.448. The molecule has 1 aromatic heterocycles. The summed E-state index contributed by atoms with van der Waals surface area (Å²) in [5.41, 5.74) is 0.852. The molecule has 0 aliphatic carbocycles. The van der Waals surface area contributed by atoms with Crippen LogP contribution in [0, 0.1) is 11.3 Å². The van der Waals surface area contributed by atoms with Gasteiger partial charge in [-0.05, 0) is 57.1 Å². The molecule has 0 radical (unpaired) electrons. The first-order valence-electron chi connectivity index (χ1n) is 9.63. The molecule has 1 heterocycles. The van der Waals surface area contributed by atoms with Gasteiger partial charge < -0.3 is 15.0 Å². The Bertz CT molecular complexity index is 747. The molecule has 0 aliphatic rings. The quantitative estimate of drug-likeness (QED) is 0.550. The largest absolute Gasteiger partial charge is 0.491 e. The van der Waals surface area contributed by atoms with E-state index in [-0.39, 0.29) is 0 Å². The Labute approximate surface area is 167 Å². The summed E-state index contributed by atoms with van der Waals surface area (Å²) in [5, 5.41) is 13.6. The Balaban J connectivity index is 1.74. The summed E-state index contributed by atoms with van der Waals surface area (Å²) in [6, 6.07) is 10.2. The number of nitrogens with zero attached hydrogens (tertiary/aromatic N) is 3. The molecular formula is C21H29ClN4O. The average Bonchev–Trinajstić information content (AvgIpc) is 2.66. The van der Waals surface area contributed by atoms with Crippen molar-refractivity contribution >= 4 is 22.5 Å². The highest BCUT2D eigenvalue weighted by Crippen LogP contribution is 2.26. The number of benzene rings is 1. The number of nitriles is 1. The van der Waals surface area contributed by atoms with Crippen molar-refractivity contribution in [2.45, 2.75) is 39.2 Å². The second-order valence-electron chi connectivity index (χ2n) is 6.66. The maximum Gasteiger partial charge on any atom is 0.130 e. The molecule has 1 N–H and O–H groups in total. The second-order valence-corrected chi connectivity index (χ2v) is 7.10. The molecule has 0 spiro atoms. The second kappa shape index (κ2) is 11.8. The van der Waals surface area contributed by atoms with E-state index in [1.54, 1.807) is 6.20 Å². The zero-order valence-electron chi connectivity index (χ0n) is 16.2. The molecule has 27 heavy (non-hydrogen) atoms. The highest BCUT2D eigenvalue weighted by Gasteiger charge is 2.07. The van der Waals surface area contributed by atoms with Crippen LogP contribution in [-0.2, 0) is 0 Å². The fraction of sp³-hybridized carbons (Fsp3) is 0.524. The molecule has 0 amide bonds. The van der Waals surface area contributed by atoms with Gasteiger partial charge in [0.15, 0.2) is 0 Å². The molecule has 5 nitrogen and oxygen atoms in total. The lowest BCUT2D eigenvalue weighted by atomic mass is 10.1. The third kappa shape index (κ3) is 7.34. The topological polar surface area (TPSA) is 61.2 Å². The van der Waals surface area contributed by atoms with Crippen molar-refractivity contribution in [1.29, 1.82) is 5.26 Å². The SMILES string of the molecule is CCN(CCCC(C)NCCC#N)CCOc1ccnc2cc(Cl)ccc12. The number of nitrogens with one attached hydrogen (secondary N) is 1. The average molecular weight is 389 g/mol. The maximum absolute atomic E-state index is 8.58. The maximum atomic E-state index is 8.58. The summed E-state index contributed by atoms with van der Waals surface area (Å²) < 4.78 is 6.02. The van der Waals surface area contributed by atoms with E-state index in [2.05, 4.69) is 35.1 Å². The number of hydrogen-bond donors (Lipinski definition) is 1. The van der Waals surface area contributed by atoms with Gasteiger partial charge in [-0.1, -0.05) is 18.5 Å². The Morgan fingerprint density at radius 3 is 2.96 bits per heavy atom. The molecule has 0 bridgehead atoms. The Morgan fingerprint density at radius 1 is 1.33 bits per heavy atom. The standard InChI is InChI=1S/C21H29ClN4O/c1-3-26(13-4-6-17(2)24-11-5-10-23)14-15-27-21-9-12-25-20-16-18(22)7-8-19(20)21/h7-9,12,16-17,24H,3-6,11,13-15H2,1-2H3. The zero-order chi connectivity index (χ0) is 19.5. The molecule has 146 valence electrons. The van der Waals surface area contributed by atoms with Crippen LogP contribution < -0.4 is 10.1 Å². The van der Waals surface area contributed by atoms with Crippen molar-refractivity contribution in [3.63, 3.8) is 0 Å². The summed E-state index contributed by atoms with van der Waals surface area (Å²) in [6.07, 6.45) is 4.56. The molecular weight excluding hydrogens is 360 g/mol. The molecule has 1 unspecified atom stereocenters. The number of ether oxygens (including phenoxy) is 1. The lowest BCUT2D eigenvalue weighted by Crippen LogP contribution is -2.31. The van der Waals surface area contributed by atoms with E-state index in [9.17, 15) is 0 Å². The number of hydrogen-bond acceptors (Lipinski definition) is 5. The van der Waals surface area contributed by atoms with Crippen molar-refractivity contribution in [3.05, 3.63) is 35.5 Å². The van der Waals surface area contributed by atoms with Crippen molar-refractivity contribution in [1.82, 2.24) is 15.2 Å². The molecule has 0 saturated heterocycles. The van der Waals surface area contributed by atoms with Crippen molar-refractivity contribution in [3.8, 4) is 11.8 Å². The number of likely N-dealkylation sites (N-methyl/N-ethyl adjacent to an activating group) is 1. The minimum atomic E-state index is 0.448. The number of halogens is 1. The van der Waals surface area contributed by atoms with Gasteiger partial charge >= 0.3 is 0 Å². The monoisotopic (exact) mass is 388 g/mol. The van der Waals surface area contributed by atoms with E-state index in [1.165, 1.54) is 0 Å². The van der Waals surface area contributed by atoms with Gasteiger partial charge in [-0.25, -0.2) is 0 Å². The third-order valence-electron chi connectivity index (χ3n) is 4.62. The van der Waals surface area contributed by atoms with Crippen LogP contribution in [0.3, 0.4) is 0 Å². The summed E-state index contributed by atoms with van der Waals surface area (Å²) in [4.78, 5) is 6.75. The van der Waals surface area contributed by atoms with E-state index in [0.717, 1.165) is 55.7 Å². The van der Waals surface area contributed by atoms with Gasteiger partial charge in [0.2, 0.25) is 0 Å². The smallest absolute Gasteiger partial charge is 0.130 e. The fourth-order valence-corrected chi connectivity index (χ4v) is 3.20.